The smallest absolute Gasteiger partial charge is 0.462 e. The van der Waals surface area contributed by atoms with E-state index < -0.39 is 51.1 Å². The molecule has 4 aromatic rings. The molecule has 0 aliphatic heterocycles. The molecular formula is C58H90N8O11P+. The average Bonchev–Trinajstić information content (AvgIpc) is 3.77. The number of unbranched alkanes of at least 4 members (excludes halogenated alkanes) is 17. The van der Waals surface area contributed by atoms with E-state index in [1.54, 1.807) is 54.7 Å². The van der Waals surface area contributed by atoms with E-state index in [1.165, 1.54) is 75.5 Å². The molecule has 4 rings (SSSR count). The number of aliphatic imine (C=N–C) groups is 1. The number of hydrogen-bond acceptors (Lipinski definition) is 13. The van der Waals surface area contributed by atoms with Crippen molar-refractivity contribution in [3.8, 4) is 0 Å². The summed E-state index contributed by atoms with van der Waals surface area (Å²) in [6.45, 7) is 4.26. The monoisotopic (exact) mass is 1110 g/mol. The molecule has 0 aliphatic carbocycles. The van der Waals surface area contributed by atoms with Gasteiger partial charge in [0, 0.05) is 43.0 Å². The predicted molar refractivity (Wildman–Crippen MR) is 306 cm³/mol. The van der Waals surface area contributed by atoms with Gasteiger partial charge in [0.05, 0.1) is 58.4 Å². The number of imidazole rings is 1. The van der Waals surface area contributed by atoms with Crippen molar-refractivity contribution in [1.29, 1.82) is 0 Å². The van der Waals surface area contributed by atoms with Gasteiger partial charge in [-0.15, -0.1) is 0 Å². The largest absolute Gasteiger partial charge is 0.472 e. The fraction of sp³-hybridized carbons (Fsp3) is 0.603. The maximum absolute atomic E-state index is 14.3. The minimum absolute atomic E-state index is 0.0531. The highest BCUT2D eigenvalue weighted by Crippen LogP contribution is 2.43. The minimum Gasteiger partial charge on any atom is -0.462 e. The number of aromatic nitrogens is 3. The Labute approximate surface area is 463 Å². The minimum atomic E-state index is -4.54. The lowest BCUT2D eigenvalue weighted by Gasteiger charge is -2.24. The maximum Gasteiger partial charge on any atom is 0.472 e. The highest BCUT2D eigenvalue weighted by atomic mass is 31.2. The van der Waals surface area contributed by atoms with E-state index in [0.29, 0.717) is 58.9 Å². The molecule has 0 radical (unpaired) electrons. The van der Waals surface area contributed by atoms with E-state index >= 15 is 0 Å². The summed E-state index contributed by atoms with van der Waals surface area (Å²) in [5.41, 5.74) is 9.11. The summed E-state index contributed by atoms with van der Waals surface area (Å²) in [6.07, 6.45) is 21.3. The third-order valence-electron chi connectivity index (χ3n) is 13.2. The molecule has 4 N–H and O–H groups in total. The number of likely N-dealkylation sites (N-methyl/N-ethyl adjacent to an activating group) is 1. The van der Waals surface area contributed by atoms with Crippen molar-refractivity contribution < 1.29 is 56.4 Å². The average molecular weight is 1110 g/mol. The van der Waals surface area contributed by atoms with E-state index in [2.05, 4.69) is 29.1 Å². The van der Waals surface area contributed by atoms with Crippen molar-refractivity contribution >= 4 is 60.1 Å². The number of rotatable bonds is 40. The van der Waals surface area contributed by atoms with Crippen LogP contribution in [0.15, 0.2) is 71.9 Å². The van der Waals surface area contributed by atoms with Crippen LogP contribution in [0, 0.1) is 0 Å². The number of carbonyl (C=O) groups excluding carboxylic acids is 4. The molecule has 0 saturated carbocycles. The number of esters is 2. The maximum atomic E-state index is 14.3. The Kier molecular flexibility index (Phi) is 29.7. The molecule has 2 aromatic carbocycles. The zero-order valence-corrected chi connectivity index (χ0v) is 48.4. The first-order chi connectivity index (χ1) is 37.5. The number of benzene rings is 2. The number of quaternary nitrogens is 1. The first kappa shape index (κ1) is 64.8. The van der Waals surface area contributed by atoms with Crippen LogP contribution in [0.3, 0.4) is 0 Å². The normalized spacial score (nSPS) is 13.0. The van der Waals surface area contributed by atoms with E-state index in [0.717, 1.165) is 56.1 Å². The van der Waals surface area contributed by atoms with E-state index in [-0.39, 0.29) is 31.8 Å². The van der Waals surface area contributed by atoms with Crippen molar-refractivity contribution in [2.24, 2.45) is 17.8 Å². The number of aryl methyl sites for hydroxylation is 1. The molecule has 2 unspecified atom stereocenters. The third kappa shape index (κ3) is 25.8. The predicted octanol–water partition coefficient (Wildman–Crippen LogP) is 11.6. The van der Waals surface area contributed by atoms with Crippen molar-refractivity contribution in [2.75, 3.05) is 70.9 Å². The van der Waals surface area contributed by atoms with Crippen LogP contribution >= 0.6 is 7.82 Å². The van der Waals surface area contributed by atoms with Crippen LogP contribution in [0.25, 0.3) is 11.0 Å². The quantitative estimate of drug-likeness (QED) is 0.00714. The van der Waals surface area contributed by atoms with E-state index in [1.807, 2.05) is 44.9 Å². The number of nitrogens with zero attached hydrogens (tertiary/aromatic N) is 6. The van der Waals surface area contributed by atoms with Gasteiger partial charge in [0.15, 0.2) is 6.10 Å². The number of fused-ring (bicyclic) bond motifs is 1. The molecule has 20 heteroatoms. The fourth-order valence-corrected chi connectivity index (χ4v) is 9.20. The molecule has 19 nitrogen and oxygen atoms in total. The summed E-state index contributed by atoms with van der Waals surface area (Å²) in [4.78, 5) is 77.7. The van der Waals surface area contributed by atoms with Gasteiger partial charge in [-0.2, -0.15) is 4.99 Å². The lowest BCUT2D eigenvalue weighted by Crippen LogP contribution is -2.37. The van der Waals surface area contributed by atoms with Gasteiger partial charge >= 0.3 is 25.9 Å². The summed E-state index contributed by atoms with van der Waals surface area (Å²) in [6, 6.07) is 17.4. The summed E-state index contributed by atoms with van der Waals surface area (Å²) in [5.74, 6) is -0.625. The number of amidine groups is 1. The molecule has 2 heterocycles. The van der Waals surface area contributed by atoms with Gasteiger partial charge in [0.2, 0.25) is 0 Å². The number of anilines is 2. The summed E-state index contributed by atoms with van der Waals surface area (Å²) >= 11 is 0. The second-order valence-electron chi connectivity index (χ2n) is 20.9. The first-order valence-corrected chi connectivity index (χ1v) is 29.8. The van der Waals surface area contributed by atoms with Gasteiger partial charge in [-0.3, -0.25) is 28.3 Å². The zero-order chi connectivity index (χ0) is 56.6. The Bertz CT molecular complexity index is 2480. The summed E-state index contributed by atoms with van der Waals surface area (Å²) < 4.78 is 42.0. The second-order valence-corrected chi connectivity index (χ2v) is 22.3. The Balaban J connectivity index is 1.31. The molecule has 0 aliphatic rings. The van der Waals surface area contributed by atoms with Crippen molar-refractivity contribution in [3.05, 3.63) is 83.8 Å². The molecule has 0 saturated heterocycles. The second kappa shape index (κ2) is 35.7. The van der Waals surface area contributed by atoms with Gasteiger partial charge in [-0.25, -0.2) is 19.3 Å². The topological polar surface area (TPSA) is 236 Å². The molecule has 0 fully saturated rings. The molecule has 78 heavy (non-hydrogen) atoms. The molecule has 0 bridgehead atoms. The van der Waals surface area contributed by atoms with Crippen molar-refractivity contribution in [2.45, 2.75) is 161 Å². The van der Waals surface area contributed by atoms with Crippen LogP contribution in [-0.2, 0) is 51.0 Å². The van der Waals surface area contributed by atoms with Crippen LogP contribution in [0.1, 0.15) is 170 Å². The number of amides is 2. The van der Waals surface area contributed by atoms with Gasteiger partial charge in [0.25, 0.3) is 5.91 Å². The van der Waals surface area contributed by atoms with Gasteiger partial charge in [0.1, 0.15) is 37.2 Å². The Hall–Kier alpha value is -5.72. The Morgan fingerprint density at radius 2 is 1.36 bits per heavy atom. The number of hydrogen-bond donors (Lipinski definition) is 3. The number of phosphoric acid groups is 1. The van der Waals surface area contributed by atoms with E-state index in [4.69, 9.17) is 34.0 Å². The SMILES string of the molecule is CCCCCCCCCCCCCCCCCC(=O)OC(COC(=O)CCN(C(=O)c1ccc2c(c1)nc(CNc1ccc(/C(N)=N/C(=O)OCCCCCC)cc1)n2C)c1ccccn1)COP(=O)(O)OCC[N+](C)(C)C. The standard InChI is InChI=1S/C58H89N8O11P/c1-7-9-11-13-14-15-16-17-18-19-20-21-22-23-24-29-55(68)77-49(45-76-78(71,72)75-41-39-66(4,5)6)44-74-54(67)36-38-65(52-28-25-26-37-60-52)57(69)47-32-35-51-50(42-47)62-53(64(51)3)43-61-48-33-30-46(31-34-48)56(59)63-58(70)73-40-27-12-10-8-2/h25-26,28,30-35,37,42,49H,7-24,27,29,36,38-41,43-45H2,1-6H3,(H3-,59,61,63,70,71,72)/p+1. The highest BCUT2D eigenvalue weighted by molar-refractivity contribution is 7.47. The highest BCUT2D eigenvalue weighted by Gasteiger charge is 2.28. The Morgan fingerprint density at radius 3 is 1.97 bits per heavy atom. The Morgan fingerprint density at radius 1 is 0.744 bits per heavy atom. The third-order valence-corrected chi connectivity index (χ3v) is 14.1. The fourth-order valence-electron chi connectivity index (χ4n) is 8.46. The summed E-state index contributed by atoms with van der Waals surface area (Å²) in [5, 5.41) is 3.35. The molecule has 2 amide bonds. The van der Waals surface area contributed by atoms with E-state index in [9.17, 15) is 28.6 Å². The molecule has 432 valence electrons. The number of ether oxygens (including phenoxy) is 3. The summed E-state index contributed by atoms with van der Waals surface area (Å²) in [7, 11) is 3.08. The van der Waals surface area contributed by atoms with Crippen LogP contribution in [0.5, 0.6) is 0 Å². The van der Waals surface area contributed by atoms with Crippen LogP contribution < -0.4 is 16.0 Å². The van der Waals surface area contributed by atoms with Gasteiger partial charge in [-0.05, 0) is 67.4 Å². The lowest BCUT2D eigenvalue weighted by atomic mass is 10.0. The van der Waals surface area contributed by atoms with Crippen LogP contribution in [0.4, 0.5) is 16.3 Å². The van der Waals surface area contributed by atoms with Gasteiger partial charge in [-0.1, -0.05) is 129 Å². The van der Waals surface area contributed by atoms with Gasteiger partial charge < -0.3 is 39.2 Å². The molecule has 2 atom stereocenters. The molecular weight excluding hydrogens is 1020 g/mol. The number of carbonyl (C=O) groups is 4. The number of nitrogens with two attached hydrogens (primary N) is 1. The van der Waals surface area contributed by atoms with Crippen molar-refractivity contribution in [3.63, 3.8) is 0 Å². The molecule has 2 aromatic heterocycles. The zero-order valence-electron chi connectivity index (χ0n) is 47.5. The van der Waals surface area contributed by atoms with Crippen molar-refractivity contribution in [1.82, 2.24) is 14.5 Å². The van der Waals surface area contributed by atoms with Crippen LogP contribution in [0.2, 0.25) is 0 Å². The number of phosphoric ester groups is 1. The first-order valence-electron chi connectivity index (χ1n) is 28.3. The number of pyridine rings is 1. The van der Waals surface area contributed by atoms with Crippen LogP contribution in [-0.4, -0.2) is 120 Å². The number of nitrogens with one attached hydrogen (secondary N) is 1. The lowest BCUT2D eigenvalue weighted by molar-refractivity contribution is -0.870. The molecule has 0 spiro atoms.